The summed E-state index contributed by atoms with van der Waals surface area (Å²) in [6, 6.07) is 13.9. The van der Waals surface area contributed by atoms with Gasteiger partial charge in [0.1, 0.15) is 5.82 Å². The smallest absolute Gasteiger partial charge is 0.131 e. The minimum absolute atomic E-state index is 0.0925. The van der Waals surface area contributed by atoms with E-state index in [4.69, 9.17) is 0 Å². The summed E-state index contributed by atoms with van der Waals surface area (Å²) >= 11 is 0. The third kappa shape index (κ3) is 3.95. The van der Waals surface area contributed by atoms with Crippen LogP contribution in [0.3, 0.4) is 0 Å². The molecule has 0 amide bonds. The van der Waals surface area contributed by atoms with E-state index >= 15 is 0 Å². The van der Waals surface area contributed by atoms with Crippen LogP contribution in [0.15, 0.2) is 55.1 Å². The van der Waals surface area contributed by atoms with E-state index < -0.39 is 0 Å². The maximum Gasteiger partial charge on any atom is 0.131 e. The molecule has 1 saturated carbocycles. The Bertz CT molecular complexity index is 676. The van der Waals surface area contributed by atoms with Crippen LogP contribution in [0.1, 0.15) is 55.6 Å². The van der Waals surface area contributed by atoms with Gasteiger partial charge in [0, 0.05) is 5.56 Å². The standard InChI is InChI=1S/C23H27F/c1-3-4-5-18-8-12-19(13-9-18)21-14-15-22(23(24)16-21)20-10-6-17(2)7-11-20/h3,6-7,10-11,14-16,18-19H,1,4-5,8-9,12-13H2,2H3. The van der Waals surface area contributed by atoms with Gasteiger partial charge in [-0.2, -0.15) is 0 Å². The molecule has 0 atom stereocenters. The van der Waals surface area contributed by atoms with Gasteiger partial charge in [0.15, 0.2) is 0 Å². The predicted octanol–water partition coefficient (Wildman–Crippen LogP) is 7.04. The molecular weight excluding hydrogens is 295 g/mol. The van der Waals surface area contributed by atoms with Crippen molar-refractivity contribution in [2.75, 3.05) is 0 Å². The van der Waals surface area contributed by atoms with Gasteiger partial charge in [-0.15, -0.1) is 6.58 Å². The molecule has 24 heavy (non-hydrogen) atoms. The van der Waals surface area contributed by atoms with Crippen LogP contribution in [0.4, 0.5) is 4.39 Å². The molecule has 1 aliphatic rings. The average molecular weight is 322 g/mol. The highest BCUT2D eigenvalue weighted by atomic mass is 19.1. The summed E-state index contributed by atoms with van der Waals surface area (Å²) in [6.45, 7) is 5.86. The maximum absolute atomic E-state index is 14.6. The normalized spacial score (nSPS) is 20.8. The number of benzene rings is 2. The fourth-order valence-electron chi connectivity index (χ4n) is 3.89. The Hall–Kier alpha value is -1.89. The zero-order chi connectivity index (χ0) is 16.9. The summed E-state index contributed by atoms with van der Waals surface area (Å²) in [4.78, 5) is 0. The van der Waals surface area contributed by atoms with E-state index in [1.54, 1.807) is 6.07 Å². The van der Waals surface area contributed by atoms with Gasteiger partial charge in [-0.3, -0.25) is 0 Å². The average Bonchev–Trinajstić information content (AvgIpc) is 2.61. The van der Waals surface area contributed by atoms with E-state index in [0.717, 1.165) is 17.9 Å². The summed E-state index contributed by atoms with van der Waals surface area (Å²) in [5.74, 6) is 1.26. The Morgan fingerprint density at radius 3 is 2.38 bits per heavy atom. The molecule has 3 rings (SSSR count). The number of hydrogen-bond donors (Lipinski definition) is 0. The topological polar surface area (TPSA) is 0 Å². The first-order valence-corrected chi connectivity index (χ1v) is 9.14. The van der Waals surface area contributed by atoms with Crippen molar-refractivity contribution in [3.05, 3.63) is 72.1 Å². The van der Waals surface area contributed by atoms with Gasteiger partial charge >= 0.3 is 0 Å². The van der Waals surface area contributed by atoms with Gasteiger partial charge in [-0.1, -0.05) is 48.0 Å². The van der Waals surface area contributed by atoms with Gasteiger partial charge in [-0.05, 0) is 74.5 Å². The Morgan fingerprint density at radius 2 is 1.75 bits per heavy atom. The number of hydrogen-bond acceptors (Lipinski definition) is 0. The number of aryl methyl sites for hydroxylation is 1. The quantitative estimate of drug-likeness (QED) is 0.518. The Kier molecular flexibility index (Phi) is 5.50. The highest BCUT2D eigenvalue weighted by Crippen LogP contribution is 2.38. The highest BCUT2D eigenvalue weighted by molar-refractivity contribution is 5.64. The van der Waals surface area contributed by atoms with Crippen LogP contribution in [-0.4, -0.2) is 0 Å². The fourth-order valence-corrected chi connectivity index (χ4v) is 3.89. The van der Waals surface area contributed by atoms with Crippen molar-refractivity contribution in [3.63, 3.8) is 0 Å². The van der Waals surface area contributed by atoms with Gasteiger partial charge in [0.2, 0.25) is 0 Å². The first-order valence-electron chi connectivity index (χ1n) is 9.14. The molecule has 1 heteroatoms. The second-order valence-corrected chi connectivity index (χ2v) is 7.19. The molecule has 0 nitrogen and oxygen atoms in total. The first kappa shape index (κ1) is 17.0. The summed E-state index contributed by atoms with van der Waals surface area (Å²) in [6.07, 6.45) is 9.30. The number of rotatable bonds is 5. The first-order chi connectivity index (χ1) is 11.7. The molecule has 0 unspecified atom stereocenters. The molecule has 0 heterocycles. The minimum atomic E-state index is -0.0925. The summed E-state index contributed by atoms with van der Waals surface area (Å²) < 4.78 is 14.6. The molecule has 0 aliphatic heterocycles. The van der Waals surface area contributed by atoms with Gasteiger partial charge < -0.3 is 0 Å². The summed E-state index contributed by atoms with van der Waals surface area (Å²) in [5, 5.41) is 0. The molecular formula is C23H27F. The molecule has 2 aromatic rings. The fraction of sp³-hybridized carbons (Fsp3) is 0.391. The zero-order valence-corrected chi connectivity index (χ0v) is 14.6. The van der Waals surface area contributed by atoms with Crippen molar-refractivity contribution in [1.82, 2.24) is 0 Å². The number of allylic oxidation sites excluding steroid dienone is 1. The molecule has 1 fully saturated rings. The van der Waals surface area contributed by atoms with E-state index in [0.29, 0.717) is 11.5 Å². The Labute approximate surface area is 145 Å². The van der Waals surface area contributed by atoms with E-state index in [2.05, 4.69) is 19.6 Å². The van der Waals surface area contributed by atoms with Gasteiger partial charge in [0.05, 0.1) is 0 Å². The highest BCUT2D eigenvalue weighted by Gasteiger charge is 2.22. The second kappa shape index (κ2) is 7.79. The largest absolute Gasteiger partial charge is 0.206 e. The third-order valence-electron chi connectivity index (χ3n) is 5.45. The van der Waals surface area contributed by atoms with Crippen molar-refractivity contribution in [3.8, 4) is 11.1 Å². The monoisotopic (exact) mass is 322 g/mol. The van der Waals surface area contributed by atoms with Crippen LogP contribution in [0.5, 0.6) is 0 Å². The van der Waals surface area contributed by atoms with Crippen molar-refractivity contribution in [2.24, 2.45) is 5.92 Å². The van der Waals surface area contributed by atoms with Crippen molar-refractivity contribution in [1.29, 1.82) is 0 Å². The molecule has 0 N–H and O–H groups in total. The third-order valence-corrected chi connectivity index (χ3v) is 5.45. The van der Waals surface area contributed by atoms with Crippen LogP contribution in [-0.2, 0) is 0 Å². The molecule has 0 aromatic heterocycles. The molecule has 1 aliphatic carbocycles. The van der Waals surface area contributed by atoms with E-state index in [1.807, 2.05) is 36.4 Å². The van der Waals surface area contributed by atoms with Crippen LogP contribution in [0.2, 0.25) is 0 Å². The molecule has 0 saturated heterocycles. The molecule has 0 bridgehead atoms. The van der Waals surface area contributed by atoms with E-state index in [1.165, 1.54) is 43.2 Å². The minimum Gasteiger partial charge on any atom is -0.206 e. The second-order valence-electron chi connectivity index (χ2n) is 7.19. The van der Waals surface area contributed by atoms with Crippen LogP contribution in [0, 0.1) is 18.7 Å². The molecule has 0 radical (unpaired) electrons. The summed E-state index contributed by atoms with van der Waals surface area (Å²) in [5.41, 5.74) is 4.03. The van der Waals surface area contributed by atoms with Crippen LogP contribution in [0.25, 0.3) is 11.1 Å². The molecule has 2 aromatic carbocycles. The lowest BCUT2D eigenvalue weighted by molar-refractivity contribution is 0.311. The maximum atomic E-state index is 14.6. The van der Waals surface area contributed by atoms with Crippen LogP contribution >= 0.6 is 0 Å². The molecule has 126 valence electrons. The predicted molar refractivity (Wildman–Crippen MR) is 101 cm³/mol. The van der Waals surface area contributed by atoms with Gasteiger partial charge in [0.25, 0.3) is 0 Å². The lowest BCUT2D eigenvalue weighted by Gasteiger charge is -2.28. The zero-order valence-electron chi connectivity index (χ0n) is 14.6. The SMILES string of the molecule is C=CCCC1CCC(c2ccc(-c3ccc(C)cc3)c(F)c2)CC1. The lowest BCUT2D eigenvalue weighted by atomic mass is 9.77. The summed E-state index contributed by atoms with van der Waals surface area (Å²) in [7, 11) is 0. The van der Waals surface area contributed by atoms with Crippen molar-refractivity contribution in [2.45, 2.75) is 51.4 Å². The molecule has 0 spiro atoms. The van der Waals surface area contributed by atoms with Crippen LogP contribution < -0.4 is 0 Å². The van der Waals surface area contributed by atoms with Gasteiger partial charge in [-0.25, -0.2) is 4.39 Å². The Balaban J connectivity index is 1.69. The lowest BCUT2D eigenvalue weighted by Crippen LogP contribution is -2.13. The number of halogens is 1. The van der Waals surface area contributed by atoms with Crippen molar-refractivity contribution >= 4 is 0 Å². The Morgan fingerprint density at radius 1 is 1.04 bits per heavy atom. The van der Waals surface area contributed by atoms with Crippen molar-refractivity contribution < 1.29 is 4.39 Å². The van der Waals surface area contributed by atoms with E-state index in [-0.39, 0.29) is 5.82 Å². The van der Waals surface area contributed by atoms with E-state index in [9.17, 15) is 4.39 Å².